The Balaban J connectivity index is 2.74. The minimum absolute atomic E-state index is 0.200. The first-order chi connectivity index (χ1) is 9.96. The van der Waals surface area contributed by atoms with Crippen LogP contribution in [0.1, 0.15) is 6.92 Å². The van der Waals surface area contributed by atoms with Gasteiger partial charge in [0.2, 0.25) is 11.9 Å². The number of hydrogen-bond donors (Lipinski definition) is 1. The second kappa shape index (κ2) is 5.82. The highest BCUT2D eigenvalue weighted by Crippen LogP contribution is 2.34. The maximum Gasteiger partial charge on any atom is 0.227 e. The van der Waals surface area contributed by atoms with Gasteiger partial charge < -0.3 is 19.7 Å². The van der Waals surface area contributed by atoms with Crippen LogP contribution in [0.15, 0.2) is 12.1 Å². The number of fused-ring (bicyclic) bond motifs is 1. The van der Waals surface area contributed by atoms with E-state index in [4.69, 9.17) is 9.47 Å². The zero-order valence-electron chi connectivity index (χ0n) is 12.7. The van der Waals surface area contributed by atoms with Crippen molar-refractivity contribution < 1.29 is 14.3 Å². The third-order valence-electron chi connectivity index (χ3n) is 2.88. The molecule has 7 heteroatoms. The zero-order valence-corrected chi connectivity index (χ0v) is 12.7. The summed E-state index contributed by atoms with van der Waals surface area (Å²) in [5.74, 6) is 1.87. The van der Waals surface area contributed by atoms with Crippen LogP contribution >= 0.6 is 0 Å². The molecule has 2 rings (SSSR count). The van der Waals surface area contributed by atoms with E-state index in [2.05, 4.69) is 15.3 Å². The van der Waals surface area contributed by atoms with Crippen molar-refractivity contribution in [3.63, 3.8) is 0 Å². The van der Waals surface area contributed by atoms with Gasteiger partial charge in [-0.05, 0) is 6.07 Å². The van der Waals surface area contributed by atoms with Gasteiger partial charge in [-0.25, -0.2) is 4.98 Å². The average molecular weight is 290 g/mol. The van der Waals surface area contributed by atoms with Gasteiger partial charge >= 0.3 is 0 Å². The highest BCUT2D eigenvalue weighted by molar-refractivity contribution is 6.00. The molecule has 0 spiro atoms. The molecule has 21 heavy (non-hydrogen) atoms. The Morgan fingerprint density at radius 2 is 1.76 bits per heavy atom. The van der Waals surface area contributed by atoms with Crippen LogP contribution in [-0.4, -0.2) is 44.2 Å². The number of hydrogen-bond acceptors (Lipinski definition) is 6. The molecule has 0 aliphatic carbocycles. The van der Waals surface area contributed by atoms with Crippen LogP contribution in [0.2, 0.25) is 0 Å². The number of anilines is 2. The summed E-state index contributed by atoms with van der Waals surface area (Å²) in [6.07, 6.45) is 0. The van der Waals surface area contributed by atoms with Gasteiger partial charge in [-0.2, -0.15) is 4.98 Å². The van der Waals surface area contributed by atoms with Crippen molar-refractivity contribution in [2.45, 2.75) is 6.92 Å². The maximum atomic E-state index is 11.4. The fraction of sp³-hybridized carbons (Fsp3) is 0.357. The van der Waals surface area contributed by atoms with E-state index >= 15 is 0 Å². The number of methoxy groups -OCH3 is 2. The Morgan fingerprint density at radius 1 is 1.14 bits per heavy atom. The minimum Gasteiger partial charge on any atom is -0.493 e. The van der Waals surface area contributed by atoms with Crippen molar-refractivity contribution in [3.8, 4) is 11.5 Å². The normalized spacial score (nSPS) is 10.3. The number of nitrogens with zero attached hydrogens (tertiary/aromatic N) is 3. The fourth-order valence-electron chi connectivity index (χ4n) is 1.91. The Kier molecular flexibility index (Phi) is 4.11. The summed E-state index contributed by atoms with van der Waals surface area (Å²) in [7, 11) is 6.78. The van der Waals surface area contributed by atoms with Gasteiger partial charge in [0.1, 0.15) is 5.82 Å². The third-order valence-corrected chi connectivity index (χ3v) is 2.88. The first kappa shape index (κ1) is 14.8. The number of benzene rings is 1. The molecule has 0 saturated carbocycles. The van der Waals surface area contributed by atoms with Crippen LogP contribution in [0.4, 0.5) is 11.8 Å². The highest BCUT2D eigenvalue weighted by atomic mass is 16.5. The molecule has 1 aromatic carbocycles. The molecule has 0 aliphatic heterocycles. The number of nitrogens with one attached hydrogen (secondary N) is 1. The quantitative estimate of drug-likeness (QED) is 0.923. The van der Waals surface area contributed by atoms with Gasteiger partial charge in [-0.15, -0.1) is 0 Å². The fourth-order valence-corrected chi connectivity index (χ4v) is 1.91. The van der Waals surface area contributed by atoms with E-state index in [9.17, 15) is 4.79 Å². The average Bonchev–Trinajstić information content (AvgIpc) is 2.44. The summed E-state index contributed by atoms with van der Waals surface area (Å²) >= 11 is 0. The number of ether oxygens (including phenoxy) is 2. The Morgan fingerprint density at radius 3 is 2.29 bits per heavy atom. The van der Waals surface area contributed by atoms with Crippen molar-refractivity contribution in [2.75, 3.05) is 38.5 Å². The predicted octanol–water partition coefficient (Wildman–Crippen LogP) is 1.67. The van der Waals surface area contributed by atoms with Crippen LogP contribution in [0.25, 0.3) is 10.9 Å². The molecule has 1 heterocycles. The second-order valence-electron chi connectivity index (χ2n) is 4.67. The summed E-state index contributed by atoms with van der Waals surface area (Å²) in [6, 6.07) is 3.51. The summed E-state index contributed by atoms with van der Waals surface area (Å²) in [4.78, 5) is 22.0. The largest absolute Gasteiger partial charge is 0.493 e. The van der Waals surface area contributed by atoms with Gasteiger partial charge in [-0.1, -0.05) is 0 Å². The first-order valence-electron chi connectivity index (χ1n) is 6.35. The predicted molar refractivity (Wildman–Crippen MR) is 81.3 cm³/mol. The van der Waals surface area contributed by atoms with Crippen molar-refractivity contribution in [1.29, 1.82) is 0 Å². The van der Waals surface area contributed by atoms with E-state index < -0.39 is 0 Å². The van der Waals surface area contributed by atoms with Crippen molar-refractivity contribution in [3.05, 3.63) is 12.1 Å². The lowest BCUT2D eigenvalue weighted by Gasteiger charge is -2.15. The molecule has 0 aliphatic rings. The molecule has 1 N–H and O–H groups in total. The lowest BCUT2D eigenvalue weighted by Crippen LogP contribution is -2.15. The van der Waals surface area contributed by atoms with Crippen LogP contribution in [0.5, 0.6) is 11.5 Å². The van der Waals surface area contributed by atoms with Crippen molar-refractivity contribution in [1.82, 2.24) is 9.97 Å². The topological polar surface area (TPSA) is 76.6 Å². The summed E-state index contributed by atoms with van der Waals surface area (Å²) in [5.41, 5.74) is 0.662. The molecule has 0 unspecified atom stereocenters. The van der Waals surface area contributed by atoms with E-state index in [1.165, 1.54) is 6.92 Å². The molecule has 2 aromatic rings. The van der Waals surface area contributed by atoms with Gasteiger partial charge in [0, 0.05) is 32.5 Å². The maximum absolute atomic E-state index is 11.4. The number of amides is 1. The van der Waals surface area contributed by atoms with Gasteiger partial charge in [0.25, 0.3) is 0 Å². The summed E-state index contributed by atoms with van der Waals surface area (Å²) in [6.45, 7) is 1.43. The Hall–Kier alpha value is -2.57. The first-order valence-corrected chi connectivity index (χ1v) is 6.35. The molecule has 0 radical (unpaired) electrons. The zero-order chi connectivity index (χ0) is 15.6. The molecule has 0 bridgehead atoms. The SMILES string of the molecule is COc1cc2nc(N(C)C)nc(NC(C)=O)c2cc1OC. The van der Waals surface area contributed by atoms with E-state index in [0.29, 0.717) is 34.2 Å². The van der Waals surface area contributed by atoms with Gasteiger partial charge in [0.15, 0.2) is 11.5 Å². The molecular weight excluding hydrogens is 272 g/mol. The molecular formula is C14H18N4O3. The second-order valence-corrected chi connectivity index (χ2v) is 4.67. The molecule has 0 atom stereocenters. The highest BCUT2D eigenvalue weighted by Gasteiger charge is 2.14. The number of aromatic nitrogens is 2. The molecule has 0 fully saturated rings. The molecule has 1 amide bonds. The third kappa shape index (κ3) is 2.96. The Labute approximate surface area is 122 Å². The number of carbonyl (C=O) groups is 1. The molecule has 1 aromatic heterocycles. The smallest absolute Gasteiger partial charge is 0.227 e. The number of rotatable bonds is 4. The van der Waals surface area contributed by atoms with Crippen LogP contribution in [0.3, 0.4) is 0 Å². The molecule has 7 nitrogen and oxygen atoms in total. The lowest BCUT2D eigenvalue weighted by molar-refractivity contribution is -0.114. The van der Waals surface area contributed by atoms with Gasteiger partial charge in [-0.3, -0.25) is 4.79 Å². The van der Waals surface area contributed by atoms with E-state index in [0.717, 1.165) is 0 Å². The van der Waals surface area contributed by atoms with Crippen molar-refractivity contribution >= 4 is 28.6 Å². The van der Waals surface area contributed by atoms with Crippen molar-refractivity contribution in [2.24, 2.45) is 0 Å². The van der Waals surface area contributed by atoms with Crippen LogP contribution in [0, 0.1) is 0 Å². The van der Waals surface area contributed by atoms with E-state index in [1.54, 1.807) is 31.3 Å². The van der Waals surface area contributed by atoms with Gasteiger partial charge in [0.05, 0.1) is 19.7 Å². The standard InChI is InChI=1S/C14H18N4O3/c1-8(19)15-13-9-6-11(20-4)12(21-5)7-10(9)16-14(17-13)18(2)3/h6-7H,1-5H3,(H,15,16,17,19). The lowest BCUT2D eigenvalue weighted by atomic mass is 10.2. The monoisotopic (exact) mass is 290 g/mol. The van der Waals surface area contributed by atoms with E-state index in [1.807, 2.05) is 14.1 Å². The minimum atomic E-state index is -0.200. The Bertz CT molecular complexity index is 685. The van der Waals surface area contributed by atoms with Crippen LogP contribution in [-0.2, 0) is 4.79 Å². The molecule has 0 saturated heterocycles. The van der Waals surface area contributed by atoms with Crippen LogP contribution < -0.4 is 19.7 Å². The summed E-state index contributed by atoms with van der Waals surface area (Å²) < 4.78 is 10.6. The summed E-state index contributed by atoms with van der Waals surface area (Å²) in [5, 5.41) is 3.41. The molecule has 112 valence electrons. The number of carbonyl (C=O) groups excluding carboxylic acids is 1. The van der Waals surface area contributed by atoms with E-state index in [-0.39, 0.29) is 5.91 Å².